The number of anilines is 1. The number of aromatic nitrogens is 2. The number of hydrogen-bond donors (Lipinski definition) is 1. The lowest BCUT2D eigenvalue weighted by atomic mass is 10.2. The number of ether oxygens (including phenoxy) is 2. The molecule has 2 aromatic rings. The summed E-state index contributed by atoms with van der Waals surface area (Å²) in [6.07, 6.45) is 1.36. The van der Waals surface area contributed by atoms with E-state index in [0.717, 1.165) is 10.0 Å². The van der Waals surface area contributed by atoms with E-state index in [1.165, 1.54) is 6.33 Å². The van der Waals surface area contributed by atoms with E-state index >= 15 is 0 Å². The quantitative estimate of drug-likeness (QED) is 0.934. The average molecular weight is 324 g/mol. The van der Waals surface area contributed by atoms with Crippen LogP contribution in [0.5, 0.6) is 17.5 Å². The Hall–Kier alpha value is -1.82. The van der Waals surface area contributed by atoms with Crippen molar-refractivity contribution in [2.75, 3.05) is 12.3 Å². The minimum Gasteiger partial charge on any atom is -0.476 e. The van der Waals surface area contributed by atoms with Crippen molar-refractivity contribution >= 4 is 21.6 Å². The molecule has 0 saturated carbocycles. The Kier molecular flexibility index (Phi) is 4.21. The lowest BCUT2D eigenvalue weighted by molar-refractivity contribution is 0.325. The van der Waals surface area contributed by atoms with Gasteiger partial charge in [0, 0.05) is 4.47 Å². The zero-order valence-electron chi connectivity index (χ0n) is 10.7. The van der Waals surface area contributed by atoms with Gasteiger partial charge in [0.2, 0.25) is 11.8 Å². The molecular weight excluding hydrogens is 310 g/mol. The number of nitrogens with zero attached hydrogens (tertiary/aromatic N) is 2. The van der Waals surface area contributed by atoms with Crippen molar-refractivity contribution in [3.8, 4) is 17.5 Å². The number of rotatable bonds is 4. The Morgan fingerprint density at radius 1 is 1.26 bits per heavy atom. The predicted molar refractivity (Wildman–Crippen MR) is 76.6 cm³/mol. The molecule has 0 aliphatic heterocycles. The predicted octanol–water partition coefficient (Wildman–Crippen LogP) is 3.32. The van der Waals surface area contributed by atoms with E-state index in [0.29, 0.717) is 29.8 Å². The molecule has 0 unspecified atom stereocenters. The minimum absolute atomic E-state index is 0.292. The number of nitrogen functional groups attached to an aromatic ring is 1. The van der Waals surface area contributed by atoms with Crippen LogP contribution in [-0.4, -0.2) is 16.6 Å². The van der Waals surface area contributed by atoms with E-state index in [2.05, 4.69) is 25.9 Å². The van der Waals surface area contributed by atoms with Gasteiger partial charge in [0.1, 0.15) is 12.1 Å². The highest BCUT2D eigenvalue weighted by atomic mass is 79.9. The summed E-state index contributed by atoms with van der Waals surface area (Å²) in [6.45, 7) is 4.32. The molecule has 0 amide bonds. The molecule has 0 saturated heterocycles. The molecule has 0 aliphatic rings. The zero-order valence-corrected chi connectivity index (χ0v) is 12.3. The van der Waals surface area contributed by atoms with Crippen molar-refractivity contribution < 1.29 is 9.47 Å². The summed E-state index contributed by atoms with van der Waals surface area (Å²) in [5.74, 6) is 1.29. The van der Waals surface area contributed by atoms with E-state index in [1.807, 2.05) is 32.0 Å². The van der Waals surface area contributed by atoms with Gasteiger partial charge in [-0.1, -0.05) is 15.9 Å². The zero-order chi connectivity index (χ0) is 13.8. The summed E-state index contributed by atoms with van der Waals surface area (Å²) in [6, 6.07) is 5.64. The Bertz CT molecular complexity index is 590. The van der Waals surface area contributed by atoms with Crippen LogP contribution in [0.1, 0.15) is 12.5 Å². The minimum atomic E-state index is 0.292. The van der Waals surface area contributed by atoms with Crippen molar-refractivity contribution in [2.24, 2.45) is 0 Å². The number of aryl methyl sites for hydroxylation is 1. The first-order chi connectivity index (χ1) is 9.11. The standard InChI is InChI=1S/C13H14BrN3O2/c1-3-18-12-11(15)13(17-7-16-12)19-9-4-5-10(14)8(2)6-9/h4-7H,3,15H2,1-2H3. The molecule has 0 bridgehead atoms. The Morgan fingerprint density at radius 3 is 2.68 bits per heavy atom. The first-order valence-corrected chi connectivity index (χ1v) is 6.58. The molecule has 2 rings (SSSR count). The molecule has 0 atom stereocenters. The van der Waals surface area contributed by atoms with Crippen molar-refractivity contribution in [1.82, 2.24) is 9.97 Å². The molecular formula is C13H14BrN3O2. The summed E-state index contributed by atoms with van der Waals surface area (Å²) in [7, 11) is 0. The summed E-state index contributed by atoms with van der Waals surface area (Å²) in [4.78, 5) is 7.97. The van der Waals surface area contributed by atoms with Gasteiger partial charge < -0.3 is 15.2 Å². The average Bonchev–Trinajstić information content (AvgIpc) is 2.39. The van der Waals surface area contributed by atoms with E-state index in [4.69, 9.17) is 15.2 Å². The summed E-state index contributed by atoms with van der Waals surface area (Å²) < 4.78 is 12.0. The largest absolute Gasteiger partial charge is 0.476 e. The van der Waals surface area contributed by atoms with E-state index in [9.17, 15) is 0 Å². The Labute approximate surface area is 119 Å². The monoisotopic (exact) mass is 323 g/mol. The number of nitrogens with two attached hydrogens (primary N) is 1. The van der Waals surface area contributed by atoms with Gasteiger partial charge in [0.05, 0.1) is 6.61 Å². The van der Waals surface area contributed by atoms with Gasteiger partial charge in [-0.15, -0.1) is 0 Å². The molecule has 2 N–H and O–H groups in total. The van der Waals surface area contributed by atoms with Gasteiger partial charge in [0.15, 0.2) is 5.69 Å². The van der Waals surface area contributed by atoms with Gasteiger partial charge in [-0.3, -0.25) is 0 Å². The van der Waals surface area contributed by atoms with Crippen LogP contribution in [0.3, 0.4) is 0 Å². The van der Waals surface area contributed by atoms with Gasteiger partial charge in [-0.2, -0.15) is 9.97 Å². The van der Waals surface area contributed by atoms with Crippen LogP contribution < -0.4 is 15.2 Å². The van der Waals surface area contributed by atoms with Crippen molar-refractivity contribution in [3.63, 3.8) is 0 Å². The third kappa shape index (κ3) is 3.14. The maximum Gasteiger partial charge on any atom is 0.249 e. The molecule has 19 heavy (non-hydrogen) atoms. The lowest BCUT2D eigenvalue weighted by Gasteiger charge is -2.10. The number of hydrogen-bond acceptors (Lipinski definition) is 5. The lowest BCUT2D eigenvalue weighted by Crippen LogP contribution is -2.03. The molecule has 6 heteroatoms. The smallest absolute Gasteiger partial charge is 0.249 e. The summed E-state index contributed by atoms with van der Waals surface area (Å²) in [5.41, 5.74) is 7.26. The van der Waals surface area contributed by atoms with Gasteiger partial charge in [-0.05, 0) is 37.6 Å². The van der Waals surface area contributed by atoms with Crippen LogP contribution >= 0.6 is 15.9 Å². The number of benzene rings is 1. The normalized spacial score (nSPS) is 10.3. The molecule has 1 heterocycles. The first kappa shape index (κ1) is 13.6. The van der Waals surface area contributed by atoms with Crippen LogP contribution in [0.25, 0.3) is 0 Å². The fourth-order valence-corrected chi connectivity index (χ4v) is 1.74. The van der Waals surface area contributed by atoms with E-state index in [-0.39, 0.29) is 0 Å². The molecule has 0 aliphatic carbocycles. The van der Waals surface area contributed by atoms with Crippen molar-refractivity contribution in [3.05, 3.63) is 34.6 Å². The van der Waals surface area contributed by atoms with Crippen molar-refractivity contribution in [1.29, 1.82) is 0 Å². The molecule has 0 fully saturated rings. The highest BCUT2D eigenvalue weighted by molar-refractivity contribution is 9.10. The molecule has 100 valence electrons. The van der Waals surface area contributed by atoms with E-state index < -0.39 is 0 Å². The van der Waals surface area contributed by atoms with E-state index in [1.54, 1.807) is 0 Å². The second kappa shape index (κ2) is 5.88. The van der Waals surface area contributed by atoms with Crippen LogP contribution in [-0.2, 0) is 0 Å². The topological polar surface area (TPSA) is 70.3 Å². The summed E-state index contributed by atoms with van der Waals surface area (Å²) in [5, 5.41) is 0. The molecule has 1 aromatic carbocycles. The van der Waals surface area contributed by atoms with Crippen LogP contribution in [0.15, 0.2) is 29.0 Å². The molecule has 0 spiro atoms. The van der Waals surface area contributed by atoms with Gasteiger partial charge >= 0.3 is 0 Å². The molecule has 1 aromatic heterocycles. The maximum atomic E-state index is 5.90. The molecule has 0 radical (unpaired) electrons. The Balaban J connectivity index is 2.27. The van der Waals surface area contributed by atoms with Gasteiger partial charge in [0.25, 0.3) is 0 Å². The van der Waals surface area contributed by atoms with Crippen LogP contribution in [0.2, 0.25) is 0 Å². The summed E-state index contributed by atoms with van der Waals surface area (Å²) >= 11 is 3.44. The fourth-order valence-electron chi connectivity index (χ4n) is 1.49. The third-order valence-electron chi connectivity index (χ3n) is 2.44. The second-order valence-electron chi connectivity index (χ2n) is 3.84. The first-order valence-electron chi connectivity index (χ1n) is 5.79. The highest BCUT2D eigenvalue weighted by Gasteiger charge is 2.11. The van der Waals surface area contributed by atoms with Crippen LogP contribution in [0, 0.1) is 6.92 Å². The number of halogens is 1. The van der Waals surface area contributed by atoms with Crippen LogP contribution in [0.4, 0.5) is 5.69 Å². The Morgan fingerprint density at radius 2 is 2.00 bits per heavy atom. The SMILES string of the molecule is CCOc1ncnc(Oc2ccc(Br)c(C)c2)c1N. The third-order valence-corrected chi connectivity index (χ3v) is 3.33. The molecule has 5 nitrogen and oxygen atoms in total. The second-order valence-corrected chi connectivity index (χ2v) is 4.70. The van der Waals surface area contributed by atoms with Crippen molar-refractivity contribution in [2.45, 2.75) is 13.8 Å². The highest BCUT2D eigenvalue weighted by Crippen LogP contribution is 2.31. The van der Waals surface area contributed by atoms with Gasteiger partial charge in [-0.25, -0.2) is 0 Å². The maximum absolute atomic E-state index is 5.90. The fraction of sp³-hybridized carbons (Fsp3) is 0.231.